The highest BCUT2D eigenvalue weighted by Crippen LogP contribution is 2.28. The number of rotatable bonds is 8. The third kappa shape index (κ3) is 6.03. The highest BCUT2D eigenvalue weighted by Gasteiger charge is 2.17. The molecule has 0 fully saturated rings. The lowest BCUT2D eigenvalue weighted by molar-refractivity contribution is -0.116. The van der Waals surface area contributed by atoms with E-state index in [9.17, 15) is 4.79 Å². The van der Waals surface area contributed by atoms with Gasteiger partial charge in [0.1, 0.15) is 5.75 Å². The van der Waals surface area contributed by atoms with Crippen LogP contribution in [0, 0.1) is 0 Å². The smallest absolute Gasteiger partial charge is 0.224 e. The van der Waals surface area contributed by atoms with Gasteiger partial charge in [-0.15, -0.1) is 0 Å². The molecule has 5 heteroatoms. The zero-order valence-corrected chi connectivity index (χ0v) is 17.8. The van der Waals surface area contributed by atoms with Crippen molar-refractivity contribution in [1.29, 1.82) is 0 Å². The summed E-state index contributed by atoms with van der Waals surface area (Å²) in [5.74, 6) is 0.759. The molecule has 0 aliphatic rings. The molecule has 26 heavy (non-hydrogen) atoms. The van der Waals surface area contributed by atoms with Crippen LogP contribution in [0.5, 0.6) is 5.75 Å². The Balaban J connectivity index is 1.75. The topological polar surface area (TPSA) is 38.3 Å². The fourth-order valence-electron chi connectivity index (χ4n) is 2.43. The monoisotopic (exact) mass is 437 g/mol. The zero-order chi connectivity index (χ0) is 19.2. The molecule has 0 aliphatic heterocycles. The number of hydrogen-bond donors (Lipinski definition) is 1. The zero-order valence-electron chi connectivity index (χ0n) is 15.4. The summed E-state index contributed by atoms with van der Waals surface area (Å²) in [6, 6.07) is 13.6. The maximum Gasteiger partial charge on any atom is 0.224 e. The molecule has 0 bridgehead atoms. The second kappa shape index (κ2) is 9.43. The molecule has 140 valence electrons. The fourth-order valence-corrected chi connectivity index (χ4v) is 3.15. The van der Waals surface area contributed by atoms with Gasteiger partial charge in [-0.05, 0) is 54.2 Å². The van der Waals surface area contributed by atoms with Crippen LogP contribution >= 0.6 is 27.5 Å². The van der Waals surface area contributed by atoms with Gasteiger partial charge in [0.15, 0.2) is 0 Å². The molecule has 1 amide bonds. The Labute approximate surface area is 169 Å². The Morgan fingerprint density at radius 1 is 1.19 bits per heavy atom. The van der Waals surface area contributed by atoms with Crippen molar-refractivity contribution in [3.63, 3.8) is 0 Å². The molecule has 0 aliphatic carbocycles. The maximum atomic E-state index is 12.0. The summed E-state index contributed by atoms with van der Waals surface area (Å²) in [7, 11) is 0. The standard InChI is InChI=1S/C21H25BrClNO2/c1-4-21(2,3)15-7-10-17(11-8-15)26-13-5-6-20(25)24-19-12-9-16(22)14-18(19)23/h7-12,14H,4-6,13H2,1-3H3,(H,24,25). The Hall–Kier alpha value is -1.52. The third-order valence-corrected chi connectivity index (χ3v) is 5.35. The average Bonchev–Trinajstić information content (AvgIpc) is 2.61. The second-order valence-corrected chi connectivity index (χ2v) is 8.21. The van der Waals surface area contributed by atoms with E-state index in [0.717, 1.165) is 16.6 Å². The Morgan fingerprint density at radius 3 is 2.50 bits per heavy atom. The first-order valence-corrected chi connectivity index (χ1v) is 9.97. The van der Waals surface area contributed by atoms with Gasteiger partial charge in [-0.3, -0.25) is 4.79 Å². The van der Waals surface area contributed by atoms with Gasteiger partial charge in [-0.1, -0.05) is 60.4 Å². The second-order valence-electron chi connectivity index (χ2n) is 6.89. The number of nitrogens with one attached hydrogen (secondary N) is 1. The number of halogens is 2. The number of anilines is 1. The molecule has 0 saturated heterocycles. The number of benzene rings is 2. The molecule has 2 rings (SSSR count). The minimum Gasteiger partial charge on any atom is -0.494 e. The van der Waals surface area contributed by atoms with Gasteiger partial charge >= 0.3 is 0 Å². The summed E-state index contributed by atoms with van der Waals surface area (Å²) in [6.45, 7) is 7.16. The van der Waals surface area contributed by atoms with E-state index in [0.29, 0.717) is 30.2 Å². The van der Waals surface area contributed by atoms with Gasteiger partial charge < -0.3 is 10.1 Å². The van der Waals surface area contributed by atoms with E-state index in [-0.39, 0.29) is 11.3 Å². The van der Waals surface area contributed by atoms with Crippen LogP contribution in [0.2, 0.25) is 5.02 Å². The third-order valence-electron chi connectivity index (χ3n) is 4.54. The minimum absolute atomic E-state index is 0.0714. The lowest BCUT2D eigenvalue weighted by Gasteiger charge is -2.23. The van der Waals surface area contributed by atoms with Crippen molar-refractivity contribution in [2.24, 2.45) is 0 Å². The highest BCUT2D eigenvalue weighted by atomic mass is 79.9. The maximum absolute atomic E-state index is 12.0. The summed E-state index contributed by atoms with van der Waals surface area (Å²) in [5, 5.41) is 3.33. The van der Waals surface area contributed by atoms with Crippen LogP contribution in [0.25, 0.3) is 0 Å². The van der Waals surface area contributed by atoms with Gasteiger partial charge in [0, 0.05) is 10.9 Å². The van der Waals surface area contributed by atoms with Crippen molar-refractivity contribution in [3.8, 4) is 5.75 Å². The molecule has 1 N–H and O–H groups in total. The van der Waals surface area contributed by atoms with E-state index in [2.05, 4.69) is 54.2 Å². The first-order chi connectivity index (χ1) is 12.3. The minimum atomic E-state index is -0.0714. The summed E-state index contributed by atoms with van der Waals surface area (Å²) in [4.78, 5) is 12.0. The quantitative estimate of drug-likeness (QED) is 0.472. The Morgan fingerprint density at radius 2 is 1.88 bits per heavy atom. The van der Waals surface area contributed by atoms with Gasteiger partial charge in [0.25, 0.3) is 0 Å². The number of ether oxygens (including phenoxy) is 1. The molecule has 3 nitrogen and oxygen atoms in total. The lowest BCUT2D eigenvalue weighted by atomic mass is 9.82. The molecule has 0 aromatic heterocycles. The van der Waals surface area contributed by atoms with Crippen LogP contribution in [-0.2, 0) is 10.2 Å². The predicted octanol–water partition coefficient (Wildman–Crippen LogP) is 6.59. The molecule has 0 atom stereocenters. The summed E-state index contributed by atoms with van der Waals surface area (Å²) < 4.78 is 6.61. The van der Waals surface area contributed by atoms with E-state index in [1.807, 2.05) is 18.2 Å². The van der Waals surface area contributed by atoms with Gasteiger partial charge in [0.2, 0.25) is 5.91 Å². The van der Waals surface area contributed by atoms with Crippen LogP contribution in [0.1, 0.15) is 45.6 Å². The van der Waals surface area contributed by atoms with Crippen LogP contribution in [-0.4, -0.2) is 12.5 Å². The van der Waals surface area contributed by atoms with Crippen LogP contribution in [0.4, 0.5) is 5.69 Å². The molecule has 0 saturated carbocycles. The molecule has 0 heterocycles. The van der Waals surface area contributed by atoms with Crippen molar-refractivity contribution < 1.29 is 9.53 Å². The average molecular weight is 439 g/mol. The van der Waals surface area contributed by atoms with Gasteiger partial charge in [-0.25, -0.2) is 0 Å². The molecule has 0 radical (unpaired) electrons. The van der Waals surface area contributed by atoms with Gasteiger partial charge in [-0.2, -0.15) is 0 Å². The molecule has 0 spiro atoms. The Kier molecular flexibility index (Phi) is 7.54. The van der Waals surface area contributed by atoms with Crippen LogP contribution in [0.15, 0.2) is 46.9 Å². The lowest BCUT2D eigenvalue weighted by Crippen LogP contribution is -2.15. The normalized spacial score (nSPS) is 11.3. The Bertz CT molecular complexity index is 744. The van der Waals surface area contributed by atoms with Crippen molar-refractivity contribution in [2.45, 2.75) is 45.4 Å². The molecule has 0 unspecified atom stereocenters. The van der Waals surface area contributed by atoms with E-state index < -0.39 is 0 Å². The molecule has 2 aromatic rings. The first kappa shape index (κ1) is 20.8. The summed E-state index contributed by atoms with van der Waals surface area (Å²) in [6.07, 6.45) is 2.11. The summed E-state index contributed by atoms with van der Waals surface area (Å²) >= 11 is 9.44. The van der Waals surface area contributed by atoms with E-state index in [1.54, 1.807) is 12.1 Å². The van der Waals surface area contributed by atoms with Crippen molar-refractivity contribution in [3.05, 3.63) is 57.5 Å². The number of hydrogen-bond acceptors (Lipinski definition) is 2. The molecule has 2 aromatic carbocycles. The SMILES string of the molecule is CCC(C)(C)c1ccc(OCCCC(=O)Nc2ccc(Br)cc2Cl)cc1. The van der Waals surface area contributed by atoms with Crippen molar-refractivity contribution in [1.82, 2.24) is 0 Å². The summed E-state index contributed by atoms with van der Waals surface area (Å²) in [5.41, 5.74) is 2.10. The fraction of sp³-hybridized carbons (Fsp3) is 0.381. The van der Waals surface area contributed by atoms with E-state index >= 15 is 0 Å². The largest absolute Gasteiger partial charge is 0.494 e. The van der Waals surface area contributed by atoms with Crippen molar-refractivity contribution in [2.75, 3.05) is 11.9 Å². The van der Waals surface area contributed by atoms with Crippen molar-refractivity contribution >= 4 is 39.1 Å². The van der Waals surface area contributed by atoms with E-state index in [4.69, 9.17) is 16.3 Å². The predicted molar refractivity (Wildman–Crippen MR) is 112 cm³/mol. The number of carbonyl (C=O) groups is 1. The molecular weight excluding hydrogens is 414 g/mol. The van der Waals surface area contributed by atoms with Crippen LogP contribution in [0.3, 0.4) is 0 Å². The number of amides is 1. The number of carbonyl (C=O) groups excluding carboxylic acids is 1. The van der Waals surface area contributed by atoms with Gasteiger partial charge in [0.05, 0.1) is 17.3 Å². The van der Waals surface area contributed by atoms with E-state index in [1.165, 1.54) is 5.56 Å². The highest BCUT2D eigenvalue weighted by molar-refractivity contribution is 9.10. The molecular formula is C21H25BrClNO2. The first-order valence-electron chi connectivity index (χ1n) is 8.80. The van der Waals surface area contributed by atoms with Crippen LogP contribution < -0.4 is 10.1 Å².